The highest BCUT2D eigenvalue weighted by Crippen LogP contribution is 2.29. The Balaban J connectivity index is 1.68. The molecule has 0 saturated carbocycles. The van der Waals surface area contributed by atoms with E-state index in [1.807, 2.05) is 25.2 Å². The molecule has 134 valence electrons. The Hall–Kier alpha value is -2.67. The standard InChI is InChI=1S/C18H20ClN7/c1-18(2)10-21-16(19)14-8-12(9-26(14)11-18)13-4-6-20-17(23-13)24-15-5-7-22-25(15)3/h4-9H,10-11H2,1-3H3,(H,20,23,24). The van der Waals surface area contributed by atoms with Crippen LogP contribution in [0.5, 0.6) is 0 Å². The zero-order valence-electron chi connectivity index (χ0n) is 14.9. The van der Waals surface area contributed by atoms with Crippen molar-refractivity contribution in [1.82, 2.24) is 24.3 Å². The molecule has 0 aliphatic carbocycles. The van der Waals surface area contributed by atoms with Crippen LogP contribution in [0.15, 0.2) is 41.8 Å². The second-order valence-electron chi connectivity index (χ2n) is 7.24. The van der Waals surface area contributed by atoms with Crippen molar-refractivity contribution in [3.8, 4) is 11.3 Å². The first-order valence-electron chi connectivity index (χ1n) is 8.40. The van der Waals surface area contributed by atoms with Crippen molar-refractivity contribution in [2.45, 2.75) is 20.4 Å². The van der Waals surface area contributed by atoms with E-state index in [9.17, 15) is 0 Å². The van der Waals surface area contributed by atoms with Crippen LogP contribution in [0, 0.1) is 5.41 Å². The van der Waals surface area contributed by atoms with Gasteiger partial charge in [0, 0.05) is 49.6 Å². The predicted molar refractivity (Wildman–Crippen MR) is 103 cm³/mol. The molecule has 3 aromatic heterocycles. The van der Waals surface area contributed by atoms with E-state index in [1.54, 1.807) is 17.1 Å². The van der Waals surface area contributed by atoms with Crippen LogP contribution >= 0.6 is 11.6 Å². The summed E-state index contributed by atoms with van der Waals surface area (Å²) in [5.41, 5.74) is 2.79. The smallest absolute Gasteiger partial charge is 0.228 e. The third-order valence-electron chi connectivity index (χ3n) is 4.36. The van der Waals surface area contributed by atoms with Crippen LogP contribution < -0.4 is 5.32 Å². The number of halogens is 1. The van der Waals surface area contributed by atoms with Crippen LogP contribution in [0.4, 0.5) is 11.8 Å². The summed E-state index contributed by atoms with van der Waals surface area (Å²) in [4.78, 5) is 13.4. The van der Waals surface area contributed by atoms with E-state index in [0.29, 0.717) is 11.1 Å². The highest BCUT2D eigenvalue weighted by molar-refractivity contribution is 6.69. The minimum atomic E-state index is 0.0552. The van der Waals surface area contributed by atoms with Gasteiger partial charge in [-0.25, -0.2) is 9.97 Å². The van der Waals surface area contributed by atoms with Crippen LogP contribution in [0.1, 0.15) is 19.5 Å². The van der Waals surface area contributed by atoms with Gasteiger partial charge in [0.25, 0.3) is 0 Å². The van der Waals surface area contributed by atoms with Crippen molar-refractivity contribution < 1.29 is 0 Å². The maximum Gasteiger partial charge on any atom is 0.228 e. The summed E-state index contributed by atoms with van der Waals surface area (Å²) in [6.45, 7) is 5.95. The molecule has 0 atom stereocenters. The fourth-order valence-corrected chi connectivity index (χ4v) is 3.24. The second kappa shape index (κ2) is 6.25. The Kier molecular flexibility index (Phi) is 4.03. The lowest BCUT2D eigenvalue weighted by atomic mass is 9.94. The lowest BCUT2D eigenvalue weighted by Gasteiger charge is -2.21. The zero-order valence-corrected chi connectivity index (χ0v) is 15.7. The Morgan fingerprint density at radius 2 is 2.08 bits per heavy atom. The fraction of sp³-hybridized carbons (Fsp3) is 0.333. The molecular weight excluding hydrogens is 350 g/mol. The molecule has 3 aromatic rings. The van der Waals surface area contributed by atoms with Gasteiger partial charge in [-0.15, -0.1) is 0 Å². The summed E-state index contributed by atoms with van der Waals surface area (Å²) in [5.74, 6) is 1.35. The highest BCUT2D eigenvalue weighted by atomic mass is 35.5. The lowest BCUT2D eigenvalue weighted by Crippen LogP contribution is -2.21. The minimum Gasteiger partial charge on any atom is -0.344 e. The Bertz CT molecular complexity index is 983. The summed E-state index contributed by atoms with van der Waals surface area (Å²) in [7, 11) is 1.86. The summed E-state index contributed by atoms with van der Waals surface area (Å²) < 4.78 is 3.89. The van der Waals surface area contributed by atoms with Gasteiger partial charge < -0.3 is 9.88 Å². The predicted octanol–water partition coefficient (Wildman–Crippen LogP) is 3.45. The molecule has 8 heteroatoms. The van der Waals surface area contributed by atoms with Crippen molar-refractivity contribution in [3.05, 3.63) is 42.5 Å². The van der Waals surface area contributed by atoms with Gasteiger partial charge in [0.15, 0.2) is 0 Å². The molecule has 1 N–H and O–H groups in total. The third kappa shape index (κ3) is 3.22. The van der Waals surface area contributed by atoms with Crippen LogP contribution in [0.25, 0.3) is 11.3 Å². The maximum atomic E-state index is 6.40. The van der Waals surface area contributed by atoms with Crippen molar-refractivity contribution in [1.29, 1.82) is 0 Å². The molecule has 0 saturated heterocycles. The van der Waals surface area contributed by atoms with E-state index < -0.39 is 0 Å². The summed E-state index contributed by atoms with van der Waals surface area (Å²) in [6, 6.07) is 5.79. The molecule has 0 unspecified atom stereocenters. The molecule has 4 rings (SSSR count). The quantitative estimate of drug-likeness (QED) is 0.767. The molecule has 0 spiro atoms. The van der Waals surface area contributed by atoms with E-state index in [0.717, 1.165) is 35.9 Å². The van der Waals surface area contributed by atoms with Gasteiger partial charge in [-0.05, 0) is 12.1 Å². The average molecular weight is 370 g/mol. The van der Waals surface area contributed by atoms with Crippen molar-refractivity contribution in [3.63, 3.8) is 0 Å². The van der Waals surface area contributed by atoms with Gasteiger partial charge in [-0.1, -0.05) is 25.4 Å². The lowest BCUT2D eigenvalue weighted by molar-refractivity contribution is 0.323. The molecule has 0 radical (unpaired) electrons. The SMILES string of the molecule is Cn1nccc1Nc1nccc(-c2cc3n(c2)CC(C)(C)CN=C3Cl)n1. The normalized spacial score (nSPS) is 15.9. The second-order valence-corrected chi connectivity index (χ2v) is 7.60. The maximum absolute atomic E-state index is 6.40. The van der Waals surface area contributed by atoms with Gasteiger partial charge in [0.1, 0.15) is 11.0 Å². The molecule has 1 aliphatic rings. The summed E-state index contributed by atoms with van der Waals surface area (Å²) >= 11 is 6.40. The number of aryl methyl sites for hydroxylation is 1. The van der Waals surface area contributed by atoms with Gasteiger partial charge in [0.2, 0.25) is 5.95 Å². The molecular formula is C18H20ClN7. The van der Waals surface area contributed by atoms with Gasteiger partial charge >= 0.3 is 0 Å². The number of rotatable bonds is 3. The number of nitrogens with zero attached hydrogens (tertiary/aromatic N) is 6. The van der Waals surface area contributed by atoms with Crippen LogP contribution in [-0.2, 0) is 13.6 Å². The molecule has 7 nitrogen and oxygen atoms in total. The van der Waals surface area contributed by atoms with Gasteiger partial charge in [0.05, 0.1) is 17.6 Å². The first kappa shape index (κ1) is 16.8. The van der Waals surface area contributed by atoms with E-state index in [2.05, 4.69) is 50.0 Å². The molecule has 0 amide bonds. The number of aromatic nitrogens is 5. The summed E-state index contributed by atoms with van der Waals surface area (Å²) in [5, 5.41) is 7.86. The van der Waals surface area contributed by atoms with E-state index in [4.69, 9.17) is 11.6 Å². The first-order valence-corrected chi connectivity index (χ1v) is 8.78. The molecule has 1 aliphatic heterocycles. The Morgan fingerprint density at radius 1 is 1.23 bits per heavy atom. The number of hydrogen-bond donors (Lipinski definition) is 1. The van der Waals surface area contributed by atoms with Gasteiger partial charge in [-0.2, -0.15) is 5.10 Å². The van der Waals surface area contributed by atoms with Crippen molar-refractivity contribution in [2.24, 2.45) is 17.5 Å². The fourth-order valence-electron chi connectivity index (χ4n) is 3.02. The van der Waals surface area contributed by atoms with Crippen molar-refractivity contribution >= 4 is 28.5 Å². The first-order chi connectivity index (χ1) is 12.4. The molecule has 0 fully saturated rings. The largest absolute Gasteiger partial charge is 0.344 e. The molecule has 4 heterocycles. The molecule has 26 heavy (non-hydrogen) atoms. The van der Waals surface area contributed by atoms with Crippen LogP contribution in [0.3, 0.4) is 0 Å². The topological polar surface area (TPSA) is 72.9 Å². The summed E-state index contributed by atoms with van der Waals surface area (Å²) in [6.07, 6.45) is 5.54. The number of anilines is 2. The molecule has 0 bridgehead atoms. The van der Waals surface area contributed by atoms with Crippen LogP contribution in [-0.4, -0.2) is 36.0 Å². The van der Waals surface area contributed by atoms with Crippen LogP contribution in [0.2, 0.25) is 0 Å². The molecule has 0 aromatic carbocycles. The average Bonchev–Trinajstić information content (AvgIpc) is 3.17. The van der Waals surface area contributed by atoms with Crippen molar-refractivity contribution in [2.75, 3.05) is 11.9 Å². The Morgan fingerprint density at radius 3 is 2.85 bits per heavy atom. The van der Waals surface area contributed by atoms with E-state index in [1.165, 1.54) is 0 Å². The number of nitrogens with one attached hydrogen (secondary N) is 1. The zero-order chi connectivity index (χ0) is 18.3. The number of fused-ring (bicyclic) bond motifs is 1. The van der Waals surface area contributed by atoms with E-state index >= 15 is 0 Å². The number of aliphatic imine (C=N–C) groups is 1. The highest BCUT2D eigenvalue weighted by Gasteiger charge is 2.25. The Labute approximate surface area is 156 Å². The monoisotopic (exact) mass is 369 g/mol. The minimum absolute atomic E-state index is 0.0552. The number of hydrogen-bond acceptors (Lipinski definition) is 5. The third-order valence-corrected chi connectivity index (χ3v) is 4.68. The van der Waals surface area contributed by atoms with Gasteiger partial charge in [-0.3, -0.25) is 9.67 Å². The van der Waals surface area contributed by atoms with E-state index in [-0.39, 0.29) is 5.41 Å².